The predicted octanol–water partition coefficient (Wildman–Crippen LogP) is 31.7. The van der Waals surface area contributed by atoms with Gasteiger partial charge < -0.3 is 5.53 Å². The minimum atomic E-state index is 0.900. The van der Waals surface area contributed by atoms with Crippen molar-refractivity contribution in [2.45, 2.75) is 413 Å². The normalized spacial score (nSPS) is 13.0. The first-order valence-corrected chi connectivity index (χ1v) is 40.4. The van der Waals surface area contributed by atoms with Gasteiger partial charge in [0.1, 0.15) is 0 Å². The zero-order chi connectivity index (χ0) is 64.1. The number of hydrogen-bond donors (Lipinski definition) is 0. The molecule has 0 saturated carbocycles. The van der Waals surface area contributed by atoms with Crippen LogP contribution < -0.4 is 0 Å². The van der Waals surface area contributed by atoms with E-state index < -0.39 is 0 Å². The molecular weight excluding hydrogens is 1080 g/mol. The van der Waals surface area contributed by atoms with Gasteiger partial charge in [-0.25, -0.2) is 4.70 Å². The minimum Gasteiger partial charge on any atom is -0.493 e. The predicted molar refractivity (Wildman–Crippen MR) is 408 cm³/mol. The number of nitrogens with zero attached hydrogens (tertiary/aromatic N) is 2. The lowest BCUT2D eigenvalue weighted by molar-refractivity contribution is -0.344. The average molecular weight is 1230 g/mol. The van der Waals surface area contributed by atoms with Gasteiger partial charge in [0.15, 0.2) is 0 Å². The van der Waals surface area contributed by atoms with Crippen molar-refractivity contribution in [3.8, 4) is 0 Å². The van der Waals surface area contributed by atoms with Crippen LogP contribution in [0.4, 0.5) is 0 Å². The molecule has 90 heavy (non-hydrogen) atoms. The maximum atomic E-state index is 12.7. The summed E-state index contributed by atoms with van der Waals surface area (Å²) in [5, 5.41) is 0. The van der Waals surface area contributed by atoms with Crippen LogP contribution in [-0.2, 0) is 0 Å². The SMILES string of the molecule is CCCCCCCCCCCCCCCC=Cc1cc(C=CCCCCCCCCCCCCCCC)cc(C2=CC(CCCC)=C(c3cc(C=CCCCCCCCCCCCCCCC)cc(C=CCCCCCCCCCCCCCCC)c3)[N+]2=[N-])c1. The monoisotopic (exact) mass is 1230 g/mol. The van der Waals surface area contributed by atoms with Crippen LogP contribution >= 0.6 is 0 Å². The molecule has 0 N–H and O–H groups in total. The summed E-state index contributed by atoms with van der Waals surface area (Å²) in [5.41, 5.74) is 22.9. The fourth-order valence-electron chi connectivity index (χ4n) is 13.6. The summed E-state index contributed by atoms with van der Waals surface area (Å²) in [6.07, 6.45) is 101. The molecule has 0 saturated heterocycles. The van der Waals surface area contributed by atoms with Gasteiger partial charge in [0.05, 0.1) is 0 Å². The van der Waals surface area contributed by atoms with Crippen molar-refractivity contribution in [2.24, 2.45) is 0 Å². The third-order valence-corrected chi connectivity index (χ3v) is 19.5. The average Bonchev–Trinajstić information content (AvgIpc) is 1.74. The molecule has 0 aromatic heterocycles. The summed E-state index contributed by atoms with van der Waals surface area (Å²) in [6.45, 7) is 11.5. The van der Waals surface area contributed by atoms with Gasteiger partial charge >= 0.3 is 0 Å². The maximum Gasteiger partial charge on any atom is 0.210 e. The highest BCUT2D eigenvalue weighted by Crippen LogP contribution is 2.39. The Bertz CT molecular complexity index is 2060. The highest BCUT2D eigenvalue weighted by atomic mass is 15.2. The molecule has 0 fully saturated rings. The molecule has 0 unspecified atom stereocenters. The molecule has 0 bridgehead atoms. The molecule has 510 valence electrons. The third kappa shape index (κ3) is 43.4. The second-order valence-electron chi connectivity index (χ2n) is 28.3. The lowest BCUT2D eigenvalue weighted by atomic mass is 9.98. The number of allylic oxidation sites excluding steroid dienone is 6. The summed E-state index contributed by atoms with van der Waals surface area (Å²) in [4.78, 5) is 0. The minimum absolute atomic E-state index is 0.900. The Morgan fingerprint density at radius 2 is 0.467 bits per heavy atom. The summed E-state index contributed by atoms with van der Waals surface area (Å²) < 4.78 is 1.57. The first-order valence-electron chi connectivity index (χ1n) is 40.4. The standard InChI is InChI=1S/C88H148N2/c1-6-11-16-20-24-28-32-36-40-44-48-52-56-60-64-68-80-73-81(69-65-61-57-53-49-45-41-37-33-29-25-21-17-12-7-2)76-85(75-80)87-79-84(72-15-10-5)88(90(87)89)86-77-82(70-66-62-58-54-50-46-42-38-34-30-26-22-18-13-8-3)74-83(78-86)71-67-63-59-55-51-47-43-39-35-31-27-23-19-14-9-4/h64-71,73-79H,6-63,72H2,1-5H3. The van der Waals surface area contributed by atoms with E-state index in [1.807, 2.05) is 0 Å². The van der Waals surface area contributed by atoms with E-state index in [1.165, 1.54) is 362 Å². The molecule has 1 aliphatic heterocycles. The van der Waals surface area contributed by atoms with Crippen molar-refractivity contribution in [3.63, 3.8) is 0 Å². The second-order valence-corrected chi connectivity index (χ2v) is 28.3. The van der Waals surface area contributed by atoms with Crippen LogP contribution in [0.5, 0.6) is 0 Å². The molecule has 0 radical (unpaired) electrons. The van der Waals surface area contributed by atoms with E-state index in [1.54, 1.807) is 4.70 Å². The van der Waals surface area contributed by atoms with Gasteiger partial charge in [0.25, 0.3) is 0 Å². The summed E-state index contributed by atoms with van der Waals surface area (Å²) in [7, 11) is 0. The smallest absolute Gasteiger partial charge is 0.210 e. The highest BCUT2D eigenvalue weighted by molar-refractivity contribution is 5.81. The molecule has 0 aliphatic carbocycles. The summed E-state index contributed by atoms with van der Waals surface area (Å²) in [6, 6.07) is 14.1. The van der Waals surface area contributed by atoms with Crippen LogP contribution in [0.1, 0.15) is 447 Å². The Morgan fingerprint density at radius 1 is 0.256 bits per heavy atom. The number of unbranched alkanes of at least 4 members (excludes halogenated alkanes) is 53. The fraction of sp³-hybridized carbons (Fsp3) is 0.727. The van der Waals surface area contributed by atoms with Crippen LogP contribution in [0, 0.1) is 0 Å². The van der Waals surface area contributed by atoms with E-state index in [-0.39, 0.29) is 0 Å². The summed E-state index contributed by atoms with van der Waals surface area (Å²) in [5.74, 6) is 0. The van der Waals surface area contributed by atoms with E-state index in [0.29, 0.717) is 0 Å². The Hall–Kier alpha value is -3.52. The first kappa shape index (κ1) is 80.7. The van der Waals surface area contributed by atoms with Gasteiger partial charge in [-0.05, 0) is 123 Å². The number of benzene rings is 2. The van der Waals surface area contributed by atoms with Crippen LogP contribution in [0.25, 0.3) is 41.2 Å². The molecule has 2 heteroatoms. The molecule has 1 aliphatic rings. The molecular formula is C88H148N2. The Labute approximate surface area is 562 Å². The molecule has 2 aromatic carbocycles. The lowest BCUT2D eigenvalue weighted by Gasteiger charge is -2.12. The van der Waals surface area contributed by atoms with E-state index in [0.717, 1.165) is 67.5 Å². The second kappa shape index (κ2) is 60.4. The van der Waals surface area contributed by atoms with Crippen molar-refractivity contribution in [3.05, 3.63) is 111 Å². The van der Waals surface area contributed by atoms with Gasteiger partial charge in [-0.3, -0.25) is 0 Å². The molecule has 0 atom stereocenters. The molecule has 2 nitrogen and oxygen atoms in total. The van der Waals surface area contributed by atoms with Crippen molar-refractivity contribution >= 4 is 35.7 Å². The fourth-order valence-corrected chi connectivity index (χ4v) is 13.6. The van der Waals surface area contributed by atoms with Crippen LogP contribution in [-0.4, -0.2) is 4.70 Å². The third-order valence-electron chi connectivity index (χ3n) is 19.5. The van der Waals surface area contributed by atoms with E-state index >= 15 is 0 Å². The zero-order valence-electron chi connectivity index (χ0n) is 60.8. The lowest BCUT2D eigenvalue weighted by Crippen LogP contribution is -2.03. The quantitative estimate of drug-likeness (QED) is 0.0466. The van der Waals surface area contributed by atoms with Gasteiger partial charge in [-0.1, -0.05) is 398 Å². The van der Waals surface area contributed by atoms with Crippen molar-refractivity contribution in [2.75, 3.05) is 0 Å². The molecule has 0 amide bonds. The van der Waals surface area contributed by atoms with E-state index in [2.05, 4.69) is 126 Å². The van der Waals surface area contributed by atoms with Crippen LogP contribution in [0.15, 0.2) is 72.4 Å². The zero-order valence-corrected chi connectivity index (χ0v) is 60.8. The largest absolute Gasteiger partial charge is 0.493 e. The maximum absolute atomic E-state index is 12.7. The van der Waals surface area contributed by atoms with Gasteiger partial charge in [0.2, 0.25) is 11.4 Å². The topological polar surface area (TPSA) is 25.3 Å². The van der Waals surface area contributed by atoms with Gasteiger partial charge in [-0.15, -0.1) is 0 Å². The van der Waals surface area contributed by atoms with Crippen molar-refractivity contribution in [1.29, 1.82) is 0 Å². The number of hydrogen-bond acceptors (Lipinski definition) is 0. The van der Waals surface area contributed by atoms with Gasteiger partial charge in [-0.2, -0.15) is 0 Å². The van der Waals surface area contributed by atoms with Crippen molar-refractivity contribution in [1.82, 2.24) is 0 Å². The van der Waals surface area contributed by atoms with E-state index in [4.69, 9.17) is 0 Å². The van der Waals surface area contributed by atoms with E-state index in [9.17, 15) is 5.53 Å². The Morgan fingerprint density at radius 3 is 0.700 bits per heavy atom. The molecule has 0 spiro atoms. The molecule has 1 heterocycles. The summed E-state index contributed by atoms with van der Waals surface area (Å²) >= 11 is 0. The highest BCUT2D eigenvalue weighted by Gasteiger charge is 2.29. The Kier molecular flexibility index (Phi) is 54.2. The van der Waals surface area contributed by atoms with Gasteiger partial charge in [0, 0.05) is 22.8 Å². The van der Waals surface area contributed by atoms with Crippen LogP contribution in [0.2, 0.25) is 0 Å². The van der Waals surface area contributed by atoms with Crippen LogP contribution in [0.3, 0.4) is 0 Å². The molecule has 2 aromatic rings. The molecule has 3 rings (SSSR count). The Balaban J connectivity index is 1.75. The first-order chi connectivity index (χ1) is 44.5. The number of rotatable bonds is 65. The van der Waals surface area contributed by atoms with Crippen molar-refractivity contribution < 1.29 is 4.70 Å².